The smallest absolute Gasteiger partial charge is 0.326 e. The van der Waals surface area contributed by atoms with Gasteiger partial charge in [0.25, 0.3) is 0 Å². The lowest BCUT2D eigenvalue weighted by Gasteiger charge is -2.13. The van der Waals surface area contributed by atoms with Gasteiger partial charge in [-0.3, -0.25) is 9.78 Å². The first kappa shape index (κ1) is 9.64. The minimum absolute atomic E-state index is 0.188. The minimum atomic E-state index is -1.02. The van der Waals surface area contributed by atoms with Gasteiger partial charge in [0.15, 0.2) is 0 Å². The summed E-state index contributed by atoms with van der Waals surface area (Å²) >= 11 is 0. The highest BCUT2D eigenvalue weighted by Crippen LogP contribution is 2.26. The summed E-state index contributed by atoms with van der Waals surface area (Å²) in [6.07, 6.45) is 1.78. The quantitative estimate of drug-likeness (QED) is 0.721. The van der Waals surface area contributed by atoms with E-state index in [1.54, 1.807) is 24.4 Å². The van der Waals surface area contributed by atoms with Gasteiger partial charge in [0.05, 0.1) is 0 Å². The number of rotatable bonds is 2. The van der Waals surface area contributed by atoms with Crippen LogP contribution < -0.4 is 5.32 Å². The van der Waals surface area contributed by atoms with E-state index in [1.807, 2.05) is 0 Å². The van der Waals surface area contributed by atoms with Crippen LogP contribution in [0.3, 0.4) is 0 Å². The second-order valence-corrected chi connectivity index (χ2v) is 3.45. The number of carbonyl (C=O) groups excluding carboxylic acids is 1. The first-order chi connectivity index (χ1) is 7.18. The van der Waals surface area contributed by atoms with Crippen LogP contribution in [0.2, 0.25) is 0 Å². The summed E-state index contributed by atoms with van der Waals surface area (Å²) in [5, 5.41) is 11.3. The number of pyridine rings is 1. The van der Waals surface area contributed by atoms with Gasteiger partial charge in [-0.2, -0.15) is 0 Å². The lowest BCUT2D eigenvalue weighted by atomic mass is 9.96. The number of aromatic nitrogens is 1. The number of hydrogen-bond acceptors (Lipinski definition) is 3. The molecule has 1 fully saturated rings. The maximum Gasteiger partial charge on any atom is 0.326 e. The van der Waals surface area contributed by atoms with Gasteiger partial charge in [-0.1, -0.05) is 6.07 Å². The molecule has 5 heteroatoms. The number of carboxylic acids is 1. The Labute approximate surface area is 86.1 Å². The molecule has 1 aliphatic rings. The Balaban J connectivity index is 2.28. The van der Waals surface area contributed by atoms with E-state index in [2.05, 4.69) is 10.3 Å². The van der Waals surface area contributed by atoms with Crippen LogP contribution in [0.4, 0.5) is 0 Å². The van der Waals surface area contributed by atoms with E-state index < -0.39 is 12.0 Å². The molecule has 78 valence electrons. The minimum Gasteiger partial charge on any atom is -0.480 e. The highest BCUT2D eigenvalue weighted by molar-refractivity contribution is 5.89. The molecule has 1 aliphatic heterocycles. The molecule has 1 saturated heterocycles. The molecule has 0 radical (unpaired) electrons. The molecule has 1 aromatic rings. The van der Waals surface area contributed by atoms with Gasteiger partial charge in [-0.15, -0.1) is 0 Å². The van der Waals surface area contributed by atoms with Crippen molar-refractivity contribution in [1.82, 2.24) is 10.3 Å². The number of aliphatic carboxylic acids is 1. The highest BCUT2D eigenvalue weighted by Gasteiger charge is 2.38. The summed E-state index contributed by atoms with van der Waals surface area (Å²) in [6, 6.07) is 4.42. The van der Waals surface area contributed by atoms with Gasteiger partial charge in [-0.25, -0.2) is 4.79 Å². The van der Waals surface area contributed by atoms with Crippen molar-refractivity contribution >= 4 is 11.9 Å². The van der Waals surface area contributed by atoms with Crippen LogP contribution in [0.1, 0.15) is 18.0 Å². The van der Waals surface area contributed by atoms with Crippen molar-refractivity contribution in [2.24, 2.45) is 0 Å². The average molecular weight is 206 g/mol. The molecule has 2 N–H and O–H groups in total. The molecule has 5 nitrogen and oxygen atoms in total. The Bertz CT molecular complexity index is 391. The van der Waals surface area contributed by atoms with Crippen molar-refractivity contribution in [2.45, 2.75) is 18.4 Å². The molecule has 1 aromatic heterocycles. The largest absolute Gasteiger partial charge is 0.480 e. The molecule has 0 saturated carbocycles. The molecule has 15 heavy (non-hydrogen) atoms. The molecule has 0 aliphatic carbocycles. The van der Waals surface area contributed by atoms with Crippen LogP contribution in [0, 0.1) is 0 Å². The first-order valence-corrected chi connectivity index (χ1v) is 4.61. The number of nitrogens with zero attached hydrogens (tertiary/aromatic N) is 1. The van der Waals surface area contributed by atoms with Crippen molar-refractivity contribution in [1.29, 1.82) is 0 Å². The van der Waals surface area contributed by atoms with E-state index >= 15 is 0 Å². The number of carbonyl (C=O) groups is 2. The molecule has 0 aromatic carbocycles. The first-order valence-electron chi connectivity index (χ1n) is 4.61. The Morgan fingerprint density at radius 3 is 2.93 bits per heavy atom. The normalized spacial score (nSPS) is 24.9. The van der Waals surface area contributed by atoms with E-state index in [0.29, 0.717) is 5.69 Å². The predicted octanol–water partition coefficient (Wildman–Crippen LogP) is 0.138. The van der Waals surface area contributed by atoms with Gasteiger partial charge in [-0.05, 0) is 12.1 Å². The van der Waals surface area contributed by atoms with Crippen molar-refractivity contribution in [3.05, 3.63) is 30.1 Å². The van der Waals surface area contributed by atoms with Gasteiger partial charge < -0.3 is 10.4 Å². The molecule has 0 bridgehead atoms. The Morgan fingerprint density at radius 2 is 2.33 bits per heavy atom. The molecule has 2 atom stereocenters. The average Bonchev–Trinajstić information content (AvgIpc) is 2.62. The van der Waals surface area contributed by atoms with Crippen LogP contribution in [0.25, 0.3) is 0 Å². The summed E-state index contributed by atoms with van der Waals surface area (Å²) in [5.74, 6) is -1.62. The molecule has 0 spiro atoms. The standard InChI is InChI=1S/C10H10N2O3/c13-8-5-6(9(12-8)10(14)15)7-3-1-2-4-11-7/h1-4,6,9H,5H2,(H,12,13)(H,14,15)/t6-,9-/m0/s1. The summed E-state index contributed by atoms with van der Waals surface area (Å²) in [5.41, 5.74) is 0.642. The topological polar surface area (TPSA) is 79.3 Å². The summed E-state index contributed by atoms with van der Waals surface area (Å²) < 4.78 is 0. The number of hydrogen-bond donors (Lipinski definition) is 2. The second-order valence-electron chi connectivity index (χ2n) is 3.45. The Kier molecular flexibility index (Phi) is 2.37. The van der Waals surface area contributed by atoms with Crippen molar-refractivity contribution in [2.75, 3.05) is 0 Å². The lowest BCUT2D eigenvalue weighted by molar-refractivity contribution is -0.140. The maximum atomic E-state index is 11.1. The van der Waals surface area contributed by atoms with Gasteiger partial charge in [0, 0.05) is 24.2 Å². The van der Waals surface area contributed by atoms with Gasteiger partial charge in [0.1, 0.15) is 6.04 Å². The molecule has 2 rings (SSSR count). The number of amides is 1. The zero-order valence-corrected chi connectivity index (χ0v) is 7.88. The van der Waals surface area contributed by atoms with Crippen LogP contribution >= 0.6 is 0 Å². The summed E-state index contributed by atoms with van der Waals surface area (Å²) in [4.78, 5) is 26.1. The Morgan fingerprint density at radius 1 is 1.53 bits per heavy atom. The molecule has 2 heterocycles. The molecule has 1 amide bonds. The van der Waals surface area contributed by atoms with Crippen molar-refractivity contribution in [3.8, 4) is 0 Å². The van der Waals surface area contributed by atoms with Crippen LogP contribution in [0.5, 0.6) is 0 Å². The fourth-order valence-corrected chi connectivity index (χ4v) is 1.76. The third-order valence-electron chi connectivity index (χ3n) is 2.46. The van der Waals surface area contributed by atoms with E-state index in [-0.39, 0.29) is 18.2 Å². The van der Waals surface area contributed by atoms with Gasteiger partial charge >= 0.3 is 5.97 Å². The van der Waals surface area contributed by atoms with Crippen LogP contribution in [0.15, 0.2) is 24.4 Å². The zero-order valence-electron chi connectivity index (χ0n) is 7.88. The summed E-state index contributed by atoms with van der Waals surface area (Å²) in [7, 11) is 0. The molecule has 0 unspecified atom stereocenters. The van der Waals surface area contributed by atoms with Crippen LogP contribution in [-0.4, -0.2) is 28.0 Å². The van der Waals surface area contributed by atoms with E-state index in [0.717, 1.165) is 0 Å². The molecular weight excluding hydrogens is 196 g/mol. The van der Waals surface area contributed by atoms with Crippen molar-refractivity contribution < 1.29 is 14.7 Å². The third-order valence-corrected chi connectivity index (χ3v) is 2.46. The number of nitrogens with one attached hydrogen (secondary N) is 1. The lowest BCUT2D eigenvalue weighted by Crippen LogP contribution is -2.36. The third kappa shape index (κ3) is 1.81. The number of carboxylic acid groups (broad SMARTS) is 1. The van der Waals surface area contributed by atoms with E-state index in [9.17, 15) is 9.59 Å². The SMILES string of the molecule is O=C1C[C@@H](c2ccccn2)[C@@H](C(=O)O)N1. The monoisotopic (exact) mass is 206 g/mol. The maximum absolute atomic E-state index is 11.1. The van der Waals surface area contributed by atoms with Crippen molar-refractivity contribution in [3.63, 3.8) is 0 Å². The Hall–Kier alpha value is -1.91. The summed E-state index contributed by atoms with van der Waals surface area (Å²) in [6.45, 7) is 0. The van der Waals surface area contributed by atoms with E-state index in [1.165, 1.54) is 0 Å². The van der Waals surface area contributed by atoms with E-state index in [4.69, 9.17) is 5.11 Å². The molecular formula is C10H10N2O3. The van der Waals surface area contributed by atoms with Gasteiger partial charge in [0.2, 0.25) is 5.91 Å². The fourth-order valence-electron chi connectivity index (χ4n) is 1.76. The predicted molar refractivity (Wildman–Crippen MR) is 51.2 cm³/mol. The van der Waals surface area contributed by atoms with Crippen LogP contribution in [-0.2, 0) is 9.59 Å². The second kappa shape index (κ2) is 3.68. The zero-order chi connectivity index (χ0) is 10.8. The highest BCUT2D eigenvalue weighted by atomic mass is 16.4. The fraction of sp³-hybridized carbons (Fsp3) is 0.300.